The van der Waals surface area contributed by atoms with Gasteiger partial charge in [-0.25, -0.2) is 0 Å². The monoisotopic (exact) mass is 492 g/mol. The van der Waals surface area contributed by atoms with Crippen LogP contribution in [0, 0.1) is 12.8 Å². The Hall–Kier alpha value is -0.800. The fourth-order valence-corrected chi connectivity index (χ4v) is 3.23. The predicted molar refractivity (Wildman–Crippen MR) is 122 cm³/mol. The molecule has 1 aliphatic rings. The zero-order chi connectivity index (χ0) is 18.8. The number of hydrogen-bond donors (Lipinski definition) is 2. The van der Waals surface area contributed by atoms with Gasteiger partial charge in [0.1, 0.15) is 11.5 Å². The van der Waals surface area contributed by atoms with Gasteiger partial charge < -0.3 is 19.8 Å². The zero-order valence-corrected chi connectivity index (χ0v) is 19.6. The van der Waals surface area contributed by atoms with Crippen LogP contribution in [-0.4, -0.2) is 56.8 Å². The van der Waals surface area contributed by atoms with Gasteiger partial charge in [-0.1, -0.05) is 26.7 Å². The van der Waals surface area contributed by atoms with Gasteiger partial charge in [-0.2, -0.15) is 0 Å². The summed E-state index contributed by atoms with van der Waals surface area (Å²) in [7, 11) is 0. The molecule has 1 aromatic rings. The van der Waals surface area contributed by atoms with Gasteiger partial charge in [0.15, 0.2) is 5.96 Å². The number of rotatable bonds is 9. The van der Waals surface area contributed by atoms with Gasteiger partial charge in [-0.15, -0.1) is 24.0 Å². The number of aryl methyl sites for hydroxylation is 1. The molecular formula is C20H37IN4O2. The third kappa shape index (κ3) is 7.99. The maximum atomic E-state index is 5.94. The van der Waals surface area contributed by atoms with Gasteiger partial charge in [0.2, 0.25) is 0 Å². The first-order chi connectivity index (χ1) is 12.7. The molecule has 0 amide bonds. The first-order valence-corrected chi connectivity index (χ1v) is 10.1. The van der Waals surface area contributed by atoms with Crippen molar-refractivity contribution in [2.75, 3.05) is 45.9 Å². The van der Waals surface area contributed by atoms with E-state index in [0.717, 1.165) is 63.4 Å². The van der Waals surface area contributed by atoms with Crippen LogP contribution in [-0.2, 0) is 4.74 Å². The molecule has 156 valence electrons. The maximum Gasteiger partial charge on any atom is 0.191 e. The van der Waals surface area contributed by atoms with Gasteiger partial charge in [-0.3, -0.25) is 9.89 Å². The molecule has 2 rings (SSSR count). The average Bonchev–Trinajstić information content (AvgIpc) is 3.09. The number of morpholine rings is 1. The number of hydrogen-bond acceptors (Lipinski definition) is 4. The minimum absolute atomic E-state index is 0. The van der Waals surface area contributed by atoms with Gasteiger partial charge in [0.05, 0.1) is 19.3 Å². The fourth-order valence-electron chi connectivity index (χ4n) is 3.23. The molecule has 1 atom stereocenters. The smallest absolute Gasteiger partial charge is 0.191 e. The van der Waals surface area contributed by atoms with Crippen LogP contribution in [0.4, 0.5) is 0 Å². The molecule has 0 radical (unpaired) electrons. The second-order valence-electron chi connectivity index (χ2n) is 6.90. The van der Waals surface area contributed by atoms with E-state index in [1.54, 1.807) is 0 Å². The van der Waals surface area contributed by atoms with Crippen LogP contribution in [0.25, 0.3) is 0 Å². The molecule has 1 aromatic heterocycles. The zero-order valence-electron chi connectivity index (χ0n) is 17.3. The minimum atomic E-state index is 0. The van der Waals surface area contributed by atoms with Crippen LogP contribution < -0.4 is 10.6 Å². The summed E-state index contributed by atoms with van der Waals surface area (Å²) in [5.74, 6) is 3.49. The summed E-state index contributed by atoms with van der Waals surface area (Å²) in [6, 6.07) is 4.31. The molecule has 1 fully saturated rings. The highest BCUT2D eigenvalue weighted by Gasteiger charge is 2.25. The minimum Gasteiger partial charge on any atom is -0.465 e. The van der Waals surface area contributed by atoms with Crippen molar-refractivity contribution in [3.8, 4) is 0 Å². The van der Waals surface area contributed by atoms with E-state index in [0.29, 0.717) is 5.92 Å². The molecule has 2 heterocycles. The Balaban J connectivity index is 0.00000364. The molecule has 1 unspecified atom stereocenters. The van der Waals surface area contributed by atoms with Crippen molar-refractivity contribution in [3.05, 3.63) is 23.7 Å². The van der Waals surface area contributed by atoms with E-state index in [9.17, 15) is 0 Å². The van der Waals surface area contributed by atoms with Crippen molar-refractivity contribution in [1.29, 1.82) is 0 Å². The SMILES string of the molecule is CCNC(=NCC(CC)CC)NCC(c1ccc(C)o1)N1CCOCC1.I. The van der Waals surface area contributed by atoms with E-state index >= 15 is 0 Å². The second kappa shape index (κ2) is 13.4. The van der Waals surface area contributed by atoms with Crippen LogP contribution in [0.3, 0.4) is 0 Å². The van der Waals surface area contributed by atoms with E-state index in [2.05, 4.69) is 42.4 Å². The highest BCUT2D eigenvalue weighted by molar-refractivity contribution is 14.0. The van der Waals surface area contributed by atoms with Crippen molar-refractivity contribution in [3.63, 3.8) is 0 Å². The Labute approximate surface area is 181 Å². The largest absolute Gasteiger partial charge is 0.465 e. The summed E-state index contributed by atoms with van der Waals surface area (Å²) in [5, 5.41) is 6.89. The summed E-state index contributed by atoms with van der Waals surface area (Å²) in [6.45, 7) is 14.5. The van der Waals surface area contributed by atoms with E-state index in [4.69, 9.17) is 14.1 Å². The molecule has 2 N–H and O–H groups in total. The molecule has 1 aliphatic heterocycles. The topological polar surface area (TPSA) is 62.0 Å². The van der Waals surface area contributed by atoms with Gasteiger partial charge in [-0.05, 0) is 31.9 Å². The number of aliphatic imine (C=N–C) groups is 1. The Morgan fingerprint density at radius 3 is 2.41 bits per heavy atom. The molecule has 0 aliphatic carbocycles. The van der Waals surface area contributed by atoms with Crippen molar-refractivity contribution < 1.29 is 9.15 Å². The van der Waals surface area contributed by atoms with Crippen molar-refractivity contribution in [2.45, 2.75) is 46.6 Å². The number of nitrogens with one attached hydrogen (secondary N) is 2. The Morgan fingerprint density at radius 2 is 1.85 bits per heavy atom. The normalized spacial score (nSPS) is 16.9. The van der Waals surface area contributed by atoms with E-state index in [1.807, 2.05) is 13.0 Å². The lowest BCUT2D eigenvalue weighted by Crippen LogP contribution is -2.46. The van der Waals surface area contributed by atoms with Crippen molar-refractivity contribution in [2.24, 2.45) is 10.9 Å². The first-order valence-electron chi connectivity index (χ1n) is 10.1. The van der Waals surface area contributed by atoms with Crippen LogP contribution in [0.2, 0.25) is 0 Å². The quantitative estimate of drug-likeness (QED) is 0.314. The lowest BCUT2D eigenvalue weighted by Gasteiger charge is -2.33. The number of nitrogens with zero attached hydrogens (tertiary/aromatic N) is 2. The molecule has 0 bridgehead atoms. The summed E-state index contributed by atoms with van der Waals surface area (Å²) in [5.41, 5.74) is 0. The molecular weight excluding hydrogens is 455 g/mol. The molecule has 0 spiro atoms. The fraction of sp³-hybridized carbons (Fsp3) is 0.750. The summed E-state index contributed by atoms with van der Waals surface area (Å²) in [6.07, 6.45) is 2.34. The highest BCUT2D eigenvalue weighted by Crippen LogP contribution is 2.23. The number of guanidine groups is 1. The summed E-state index contributed by atoms with van der Waals surface area (Å²) < 4.78 is 11.5. The first kappa shape index (κ1) is 24.2. The van der Waals surface area contributed by atoms with Crippen LogP contribution in [0.15, 0.2) is 21.5 Å². The lowest BCUT2D eigenvalue weighted by atomic mass is 10.0. The van der Waals surface area contributed by atoms with Gasteiger partial charge in [0.25, 0.3) is 0 Å². The maximum absolute atomic E-state index is 5.94. The Morgan fingerprint density at radius 1 is 1.15 bits per heavy atom. The average molecular weight is 492 g/mol. The summed E-state index contributed by atoms with van der Waals surface area (Å²) in [4.78, 5) is 7.22. The number of furan rings is 1. The Bertz CT molecular complexity index is 540. The van der Waals surface area contributed by atoms with Crippen LogP contribution in [0.1, 0.15) is 51.2 Å². The second-order valence-corrected chi connectivity index (χ2v) is 6.90. The third-order valence-electron chi connectivity index (χ3n) is 5.05. The van der Waals surface area contributed by atoms with E-state index in [1.165, 1.54) is 12.8 Å². The number of ether oxygens (including phenoxy) is 1. The molecule has 7 heteroatoms. The van der Waals surface area contributed by atoms with Crippen LogP contribution >= 0.6 is 24.0 Å². The molecule has 0 aromatic carbocycles. The van der Waals surface area contributed by atoms with E-state index in [-0.39, 0.29) is 30.0 Å². The Kier molecular flexibility index (Phi) is 12.0. The van der Waals surface area contributed by atoms with Gasteiger partial charge in [0, 0.05) is 32.7 Å². The van der Waals surface area contributed by atoms with Gasteiger partial charge >= 0.3 is 0 Å². The van der Waals surface area contributed by atoms with Crippen molar-refractivity contribution >= 4 is 29.9 Å². The lowest BCUT2D eigenvalue weighted by molar-refractivity contribution is 0.0124. The molecule has 27 heavy (non-hydrogen) atoms. The molecule has 1 saturated heterocycles. The summed E-state index contributed by atoms with van der Waals surface area (Å²) >= 11 is 0. The van der Waals surface area contributed by atoms with E-state index < -0.39 is 0 Å². The number of halogens is 1. The molecule has 0 saturated carbocycles. The van der Waals surface area contributed by atoms with Crippen molar-refractivity contribution in [1.82, 2.24) is 15.5 Å². The predicted octanol–water partition coefficient (Wildman–Crippen LogP) is 3.57. The third-order valence-corrected chi connectivity index (χ3v) is 5.05. The standard InChI is InChI=1S/C20H36N4O2.HI/c1-5-17(6-2)14-22-20(21-7-3)23-15-18(19-9-8-16(4)26-19)24-10-12-25-13-11-24;/h8-9,17-18H,5-7,10-15H2,1-4H3,(H2,21,22,23);1H. The van der Waals surface area contributed by atoms with Crippen LogP contribution in [0.5, 0.6) is 0 Å². The molecule has 6 nitrogen and oxygen atoms in total. The highest BCUT2D eigenvalue weighted by atomic mass is 127.